The van der Waals surface area contributed by atoms with Gasteiger partial charge >= 0.3 is 0 Å². The number of aliphatic hydroxyl groups excluding tert-OH is 1. The van der Waals surface area contributed by atoms with Gasteiger partial charge in [0.05, 0.1) is 13.7 Å². The van der Waals surface area contributed by atoms with Crippen molar-refractivity contribution in [3.05, 3.63) is 34.9 Å². The van der Waals surface area contributed by atoms with Gasteiger partial charge in [-0.2, -0.15) is 0 Å². The van der Waals surface area contributed by atoms with Crippen LogP contribution in [0.3, 0.4) is 0 Å². The van der Waals surface area contributed by atoms with Gasteiger partial charge in [0.15, 0.2) is 5.78 Å². The molecule has 0 radical (unpaired) electrons. The SMILES string of the molecule is COc1cc2c(cc1CO)/C(=C/C(=O)C1CCCCC1)NC(C)(C)C2. The van der Waals surface area contributed by atoms with Crippen molar-refractivity contribution in [2.75, 3.05) is 7.11 Å². The van der Waals surface area contributed by atoms with E-state index in [-0.39, 0.29) is 23.8 Å². The second kappa shape index (κ2) is 7.20. The summed E-state index contributed by atoms with van der Waals surface area (Å²) in [7, 11) is 1.62. The molecule has 0 unspecified atom stereocenters. The molecule has 1 heterocycles. The van der Waals surface area contributed by atoms with Crippen LogP contribution >= 0.6 is 0 Å². The van der Waals surface area contributed by atoms with Crippen molar-refractivity contribution in [2.45, 2.75) is 64.5 Å². The van der Waals surface area contributed by atoms with E-state index in [0.717, 1.165) is 54.5 Å². The molecule has 4 heteroatoms. The molecule has 0 spiro atoms. The fraction of sp³-hybridized carbons (Fsp3) is 0.571. The van der Waals surface area contributed by atoms with Crippen molar-refractivity contribution in [3.63, 3.8) is 0 Å². The first kappa shape index (κ1) is 18.0. The predicted molar refractivity (Wildman–Crippen MR) is 99.4 cm³/mol. The van der Waals surface area contributed by atoms with Gasteiger partial charge in [0.1, 0.15) is 5.75 Å². The number of aliphatic hydroxyl groups is 1. The molecule has 1 aromatic rings. The molecule has 0 atom stereocenters. The number of carbonyl (C=O) groups excluding carboxylic acids is 1. The van der Waals surface area contributed by atoms with Crippen molar-refractivity contribution in [2.24, 2.45) is 5.92 Å². The van der Waals surface area contributed by atoms with E-state index in [0.29, 0.717) is 5.75 Å². The van der Waals surface area contributed by atoms with Gasteiger partial charge in [-0.3, -0.25) is 4.79 Å². The molecule has 1 fully saturated rings. The Bertz CT molecular complexity index is 685. The first-order valence-electron chi connectivity index (χ1n) is 9.28. The Kier molecular flexibility index (Phi) is 5.19. The van der Waals surface area contributed by atoms with E-state index in [1.54, 1.807) is 13.2 Å². The van der Waals surface area contributed by atoms with Crippen LogP contribution in [0.25, 0.3) is 5.70 Å². The van der Waals surface area contributed by atoms with E-state index in [4.69, 9.17) is 4.74 Å². The lowest BCUT2D eigenvalue weighted by atomic mass is 9.82. The number of nitrogens with one attached hydrogen (secondary N) is 1. The first-order chi connectivity index (χ1) is 11.9. The molecular weight excluding hydrogens is 314 g/mol. The standard InChI is InChI=1S/C21H29NO3/c1-21(2)12-15-10-20(25-3)16(13-23)9-17(15)18(22-21)11-19(24)14-7-5-4-6-8-14/h9-11,14,22-23H,4-8,12-13H2,1-3H3/b18-11-. The highest BCUT2D eigenvalue weighted by Crippen LogP contribution is 2.35. The Morgan fingerprint density at radius 3 is 2.68 bits per heavy atom. The van der Waals surface area contributed by atoms with Crippen LogP contribution in [0.4, 0.5) is 0 Å². The lowest BCUT2D eigenvalue weighted by Crippen LogP contribution is -2.44. The van der Waals surface area contributed by atoms with Crippen LogP contribution in [0, 0.1) is 5.92 Å². The third-order valence-corrected chi connectivity index (χ3v) is 5.37. The number of carbonyl (C=O) groups is 1. The molecule has 1 saturated carbocycles. The van der Waals surface area contributed by atoms with Crippen molar-refractivity contribution < 1.29 is 14.6 Å². The summed E-state index contributed by atoms with van der Waals surface area (Å²) in [5.41, 5.74) is 3.66. The summed E-state index contributed by atoms with van der Waals surface area (Å²) in [6.07, 6.45) is 8.20. The average Bonchev–Trinajstić information content (AvgIpc) is 2.60. The van der Waals surface area contributed by atoms with Crippen LogP contribution in [0.2, 0.25) is 0 Å². The number of ketones is 1. The van der Waals surface area contributed by atoms with Crippen LogP contribution in [-0.2, 0) is 17.8 Å². The summed E-state index contributed by atoms with van der Waals surface area (Å²) in [4.78, 5) is 12.8. The maximum atomic E-state index is 12.8. The minimum atomic E-state index is -0.128. The van der Waals surface area contributed by atoms with E-state index in [9.17, 15) is 9.90 Å². The largest absolute Gasteiger partial charge is 0.496 e. The summed E-state index contributed by atoms with van der Waals surface area (Å²) < 4.78 is 5.42. The van der Waals surface area contributed by atoms with Gasteiger partial charge in [0.2, 0.25) is 0 Å². The van der Waals surface area contributed by atoms with Gasteiger partial charge in [0.25, 0.3) is 0 Å². The summed E-state index contributed by atoms with van der Waals surface area (Å²) in [5.74, 6) is 1.09. The Morgan fingerprint density at radius 1 is 1.32 bits per heavy atom. The lowest BCUT2D eigenvalue weighted by Gasteiger charge is -2.36. The third-order valence-electron chi connectivity index (χ3n) is 5.37. The maximum Gasteiger partial charge on any atom is 0.160 e. The third kappa shape index (κ3) is 3.90. The zero-order valence-electron chi connectivity index (χ0n) is 15.5. The van der Waals surface area contributed by atoms with Crippen molar-refractivity contribution >= 4 is 11.5 Å². The highest BCUT2D eigenvalue weighted by atomic mass is 16.5. The molecule has 2 N–H and O–H groups in total. The van der Waals surface area contributed by atoms with Gasteiger partial charge in [0, 0.05) is 34.4 Å². The van der Waals surface area contributed by atoms with Crippen LogP contribution < -0.4 is 10.1 Å². The molecule has 4 nitrogen and oxygen atoms in total. The zero-order chi connectivity index (χ0) is 18.0. The monoisotopic (exact) mass is 343 g/mol. The minimum absolute atomic E-state index is 0.0797. The van der Waals surface area contributed by atoms with Gasteiger partial charge < -0.3 is 15.2 Å². The predicted octanol–water partition coefficient (Wildman–Crippen LogP) is 3.60. The topological polar surface area (TPSA) is 58.6 Å². The highest BCUT2D eigenvalue weighted by Gasteiger charge is 2.30. The lowest BCUT2D eigenvalue weighted by molar-refractivity contribution is -0.119. The number of benzene rings is 1. The normalized spacial score (nSPS) is 21.5. The quantitative estimate of drug-likeness (QED) is 0.820. The number of methoxy groups -OCH3 is 1. The Labute approximate surface area is 150 Å². The second-order valence-electron chi connectivity index (χ2n) is 7.96. The van der Waals surface area contributed by atoms with Crippen molar-refractivity contribution in [3.8, 4) is 5.75 Å². The second-order valence-corrected chi connectivity index (χ2v) is 7.96. The smallest absolute Gasteiger partial charge is 0.160 e. The summed E-state index contributed by atoms with van der Waals surface area (Å²) in [6.45, 7) is 4.20. The van der Waals surface area contributed by atoms with Crippen molar-refractivity contribution in [1.82, 2.24) is 5.32 Å². The van der Waals surface area contributed by atoms with Gasteiger partial charge in [-0.25, -0.2) is 0 Å². The summed E-state index contributed by atoms with van der Waals surface area (Å²) in [5, 5.41) is 13.2. The molecule has 2 aliphatic rings. The van der Waals surface area contributed by atoms with Gasteiger partial charge in [-0.1, -0.05) is 19.3 Å². The fourth-order valence-corrected chi connectivity index (χ4v) is 4.09. The van der Waals surface area contributed by atoms with Crippen molar-refractivity contribution in [1.29, 1.82) is 0 Å². The molecule has 0 aromatic heterocycles. The maximum absolute atomic E-state index is 12.8. The molecular formula is C21H29NO3. The number of fused-ring (bicyclic) bond motifs is 1. The number of allylic oxidation sites excluding steroid dienone is 1. The zero-order valence-corrected chi connectivity index (χ0v) is 15.5. The number of rotatable bonds is 4. The molecule has 0 saturated heterocycles. The molecule has 3 rings (SSSR count). The summed E-state index contributed by atoms with van der Waals surface area (Å²) in [6, 6.07) is 3.96. The van der Waals surface area contributed by atoms with Crippen LogP contribution in [0.1, 0.15) is 62.6 Å². The number of hydrogen-bond acceptors (Lipinski definition) is 4. The number of ether oxygens (including phenoxy) is 1. The molecule has 0 amide bonds. The fourth-order valence-electron chi connectivity index (χ4n) is 4.09. The van der Waals surface area contributed by atoms with E-state index < -0.39 is 0 Å². The number of hydrogen-bond donors (Lipinski definition) is 2. The first-order valence-corrected chi connectivity index (χ1v) is 9.28. The van der Waals surface area contributed by atoms with Crippen LogP contribution in [0.15, 0.2) is 18.2 Å². The highest BCUT2D eigenvalue weighted by molar-refractivity contribution is 5.98. The summed E-state index contributed by atoms with van der Waals surface area (Å²) >= 11 is 0. The van der Waals surface area contributed by atoms with Crippen LogP contribution in [0.5, 0.6) is 5.75 Å². The van der Waals surface area contributed by atoms with Crippen LogP contribution in [-0.4, -0.2) is 23.5 Å². The Balaban J connectivity index is 1.99. The van der Waals surface area contributed by atoms with E-state index in [1.807, 2.05) is 12.1 Å². The average molecular weight is 343 g/mol. The molecule has 25 heavy (non-hydrogen) atoms. The molecule has 1 aliphatic heterocycles. The Morgan fingerprint density at radius 2 is 2.04 bits per heavy atom. The minimum Gasteiger partial charge on any atom is -0.496 e. The molecule has 136 valence electrons. The van der Waals surface area contributed by atoms with E-state index in [1.165, 1.54) is 6.42 Å². The molecule has 0 bridgehead atoms. The molecule has 1 aromatic carbocycles. The van der Waals surface area contributed by atoms with Gasteiger partial charge in [-0.05, 0) is 50.8 Å². The molecule has 1 aliphatic carbocycles. The van der Waals surface area contributed by atoms with E-state index >= 15 is 0 Å². The van der Waals surface area contributed by atoms with E-state index in [2.05, 4.69) is 19.2 Å². The Hall–Kier alpha value is -1.81. The van der Waals surface area contributed by atoms with Gasteiger partial charge in [-0.15, -0.1) is 0 Å².